The number of esters is 1. The molecular weight excluding hydrogens is 350 g/mol. The van der Waals surface area contributed by atoms with Gasteiger partial charge in [0.1, 0.15) is 18.1 Å². The zero-order valence-electron chi connectivity index (χ0n) is 14.8. The predicted octanol–water partition coefficient (Wildman–Crippen LogP) is 3.99. The number of ether oxygens (including phenoxy) is 3. The van der Waals surface area contributed by atoms with Gasteiger partial charge in [-0.05, 0) is 30.9 Å². The molecule has 1 heterocycles. The van der Waals surface area contributed by atoms with Gasteiger partial charge in [0.05, 0.1) is 24.2 Å². The van der Waals surface area contributed by atoms with E-state index in [0.29, 0.717) is 36.7 Å². The van der Waals surface area contributed by atoms with Crippen LogP contribution in [0.15, 0.2) is 41.8 Å². The Morgan fingerprint density at radius 1 is 1.27 bits per heavy atom. The van der Waals surface area contributed by atoms with Gasteiger partial charge in [-0.1, -0.05) is 18.2 Å². The van der Waals surface area contributed by atoms with Crippen LogP contribution in [0.1, 0.15) is 29.3 Å². The third kappa shape index (κ3) is 3.75. The molecule has 5 nitrogen and oxygen atoms in total. The molecule has 1 aliphatic rings. The van der Waals surface area contributed by atoms with Crippen molar-refractivity contribution in [2.75, 3.05) is 13.7 Å². The van der Waals surface area contributed by atoms with E-state index in [2.05, 4.69) is 0 Å². The third-order valence-corrected chi connectivity index (χ3v) is 5.05. The van der Waals surface area contributed by atoms with E-state index in [1.807, 2.05) is 41.8 Å². The van der Waals surface area contributed by atoms with E-state index in [4.69, 9.17) is 19.9 Å². The molecule has 6 heteroatoms. The van der Waals surface area contributed by atoms with Gasteiger partial charge in [-0.3, -0.25) is 0 Å². The summed E-state index contributed by atoms with van der Waals surface area (Å²) < 4.78 is 16.3. The molecule has 0 saturated heterocycles. The number of fused-ring (bicyclic) bond motifs is 1. The summed E-state index contributed by atoms with van der Waals surface area (Å²) in [5, 5.41) is 1.98. The fraction of sp³-hybridized carbons (Fsp3) is 0.250. The Morgan fingerprint density at radius 3 is 2.85 bits per heavy atom. The van der Waals surface area contributed by atoms with Crippen molar-refractivity contribution in [3.63, 3.8) is 0 Å². The van der Waals surface area contributed by atoms with Crippen molar-refractivity contribution >= 4 is 28.6 Å². The first kappa shape index (κ1) is 18.1. The molecule has 26 heavy (non-hydrogen) atoms. The quantitative estimate of drug-likeness (QED) is 0.778. The molecule has 3 rings (SSSR count). The number of hydrogen-bond acceptors (Lipinski definition) is 6. The number of methoxy groups -OCH3 is 1. The monoisotopic (exact) mass is 371 g/mol. The smallest absolute Gasteiger partial charge is 0.339 e. The number of hydrogen-bond donors (Lipinski definition) is 1. The van der Waals surface area contributed by atoms with Crippen LogP contribution in [0.5, 0.6) is 11.5 Å². The Balaban J connectivity index is 1.86. The maximum atomic E-state index is 12.3. The molecule has 0 spiro atoms. The predicted molar refractivity (Wildman–Crippen MR) is 103 cm³/mol. The first-order valence-electron chi connectivity index (χ1n) is 8.35. The summed E-state index contributed by atoms with van der Waals surface area (Å²) in [7, 11) is 1.62. The second kappa shape index (κ2) is 8.10. The normalized spacial score (nSPS) is 13.2. The van der Waals surface area contributed by atoms with Crippen LogP contribution < -0.4 is 15.2 Å². The molecule has 0 atom stereocenters. The van der Waals surface area contributed by atoms with E-state index < -0.39 is 0 Å². The van der Waals surface area contributed by atoms with Gasteiger partial charge in [0.25, 0.3) is 0 Å². The Bertz CT molecular complexity index is 866. The van der Waals surface area contributed by atoms with E-state index in [-0.39, 0.29) is 5.97 Å². The van der Waals surface area contributed by atoms with E-state index in [1.54, 1.807) is 14.0 Å². The lowest BCUT2D eigenvalue weighted by Crippen LogP contribution is -2.08. The number of allylic oxidation sites excluding steroid dienone is 2. The van der Waals surface area contributed by atoms with Gasteiger partial charge < -0.3 is 19.9 Å². The standard InChI is InChI=1S/C20H21NO4S/c1-3-24-20(22)16-8-5-9-17(21)18-13(12-26-19(16)18)11-25-15-7-4-6-14(10-15)23-2/h4,6-10,12H,3,5,11,21H2,1-2H3. The van der Waals surface area contributed by atoms with Crippen LogP contribution in [0, 0.1) is 0 Å². The van der Waals surface area contributed by atoms with Gasteiger partial charge in [-0.25, -0.2) is 4.79 Å². The van der Waals surface area contributed by atoms with Crippen LogP contribution in [0.3, 0.4) is 0 Å². The van der Waals surface area contributed by atoms with Crippen molar-refractivity contribution < 1.29 is 19.0 Å². The van der Waals surface area contributed by atoms with Crippen molar-refractivity contribution in [3.8, 4) is 11.5 Å². The van der Waals surface area contributed by atoms with E-state index >= 15 is 0 Å². The molecule has 0 fully saturated rings. The van der Waals surface area contributed by atoms with Crippen LogP contribution in [0.25, 0.3) is 11.3 Å². The fourth-order valence-corrected chi connectivity index (χ4v) is 3.86. The van der Waals surface area contributed by atoms with E-state index in [0.717, 1.165) is 21.8 Å². The fourth-order valence-electron chi connectivity index (χ4n) is 2.75. The van der Waals surface area contributed by atoms with Crippen LogP contribution in [0.2, 0.25) is 0 Å². The average molecular weight is 371 g/mol. The number of carbonyl (C=O) groups excluding carboxylic acids is 1. The number of nitrogens with two attached hydrogens (primary N) is 1. The lowest BCUT2D eigenvalue weighted by atomic mass is 10.1. The SMILES string of the molecule is CCOC(=O)C1=CCC=C(N)c2c(COc3cccc(OC)c3)csc21. The van der Waals surface area contributed by atoms with Crippen molar-refractivity contribution in [1.82, 2.24) is 0 Å². The Morgan fingerprint density at radius 2 is 2.08 bits per heavy atom. The summed E-state index contributed by atoms with van der Waals surface area (Å²) in [6.45, 7) is 2.49. The summed E-state index contributed by atoms with van der Waals surface area (Å²) in [6.07, 6.45) is 4.37. The lowest BCUT2D eigenvalue weighted by molar-refractivity contribution is -0.136. The number of thiophene rings is 1. The Hall–Kier alpha value is -2.73. The minimum absolute atomic E-state index is 0.320. The van der Waals surface area contributed by atoms with Crippen molar-refractivity contribution in [2.24, 2.45) is 5.73 Å². The van der Waals surface area contributed by atoms with Crippen LogP contribution in [-0.4, -0.2) is 19.7 Å². The summed E-state index contributed by atoms with van der Waals surface area (Å²) in [4.78, 5) is 13.1. The highest BCUT2D eigenvalue weighted by atomic mass is 32.1. The maximum Gasteiger partial charge on any atom is 0.339 e. The summed E-state index contributed by atoms with van der Waals surface area (Å²) in [5.41, 5.74) is 9.27. The number of carbonyl (C=O) groups is 1. The number of rotatable bonds is 6. The first-order valence-corrected chi connectivity index (χ1v) is 9.22. The molecule has 2 N–H and O–H groups in total. The highest BCUT2D eigenvalue weighted by Crippen LogP contribution is 2.36. The summed E-state index contributed by atoms with van der Waals surface area (Å²) in [5.74, 6) is 1.12. The molecule has 0 unspecified atom stereocenters. The van der Waals surface area contributed by atoms with Crippen LogP contribution in [0.4, 0.5) is 0 Å². The third-order valence-electron chi connectivity index (χ3n) is 3.99. The maximum absolute atomic E-state index is 12.3. The van der Waals surface area contributed by atoms with Crippen LogP contribution >= 0.6 is 11.3 Å². The van der Waals surface area contributed by atoms with Gasteiger partial charge in [-0.15, -0.1) is 11.3 Å². The van der Waals surface area contributed by atoms with Crippen molar-refractivity contribution in [3.05, 3.63) is 57.8 Å². The minimum Gasteiger partial charge on any atom is -0.497 e. The zero-order chi connectivity index (χ0) is 18.5. The molecule has 2 aromatic rings. The topological polar surface area (TPSA) is 70.8 Å². The molecule has 0 saturated carbocycles. The Labute approximate surface area is 156 Å². The molecule has 1 aliphatic carbocycles. The summed E-state index contributed by atoms with van der Waals surface area (Å²) >= 11 is 1.48. The van der Waals surface area contributed by atoms with Crippen LogP contribution in [-0.2, 0) is 16.1 Å². The van der Waals surface area contributed by atoms with Crippen molar-refractivity contribution in [2.45, 2.75) is 20.0 Å². The molecule has 136 valence electrons. The largest absolute Gasteiger partial charge is 0.497 e. The highest BCUT2D eigenvalue weighted by Gasteiger charge is 2.24. The van der Waals surface area contributed by atoms with Gasteiger partial charge in [0.15, 0.2) is 0 Å². The summed E-state index contributed by atoms with van der Waals surface area (Å²) in [6, 6.07) is 7.43. The van der Waals surface area contributed by atoms with Gasteiger partial charge in [0, 0.05) is 22.9 Å². The Kier molecular flexibility index (Phi) is 5.63. The van der Waals surface area contributed by atoms with Gasteiger partial charge in [0.2, 0.25) is 0 Å². The average Bonchev–Trinajstić information content (AvgIpc) is 2.99. The molecule has 0 radical (unpaired) electrons. The minimum atomic E-state index is -0.320. The van der Waals surface area contributed by atoms with E-state index in [1.165, 1.54) is 11.3 Å². The molecule has 1 aromatic heterocycles. The van der Waals surface area contributed by atoms with Gasteiger partial charge in [-0.2, -0.15) is 0 Å². The molecule has 0 amide bonds. The highest BCUT2D eigenvalue weighted by molar-refractivity contribution is 7.12. The number of benzene rings is 1. The zero-order valence-corrected chi connectivity index (χ0v) is 15.6. The first-order chi connectivity index (χ1) is 12.6. The molecule has 0 aliphatic heterocycles. The molecule has 1 aromatic carbocycles. The molecular formula is C20H21NO4S. The molecule has 0 bridgehead atoms. The second-order valence-electron chi connectivity index (χ2n) is 5.67. The van der Waals surface area contributed by atoms with Gasteiger partial charge >= 0.3 is 5.97 Å². The van der Waals surface area contributed by atoms with E-state index in [9.17, 15) is 4.79 Å². The lowest BCUT2D eigenvalue weighted by Gasteiger charge is -2.11. The van der Waals surface area contributed by atoms with Crippen molar-refractivity contribution in [1.29, 1.82) is 0 Å². The second-order valence-corrected chi connectivity index (χ2v) is 6.55.